The molecule has 0 aliphatic carbocycles. The molecule has 0 saturated carbocycles. The molecule has 2 heterocycles. The number of fused-ring (bicyclic) bond motifs is 1. The Morgan fingerprint density at radius 3 is 2.36 bits per heavy atom. The maximum absolute atomic E-state index is 12.1. The van der Waals surface area contributed by atoms with Gasteiger partial charge in [-0.05, 0) is 36.1 Å². The molecular weight excluding hydrogens is 346 g/mol. The molecule has 0 saturated heterocycles. The van der Waals surface area contributed by atoms with Crippen molar-refractivity contribution in [3.8, 4) is 22.4 Å². The van der Waals surface area contributed by atoms with Crippen molar-refractivity contribution in [2.75, 3.05) is 5.32 Å². The van der Waals surface area contributed by atoms with E-state index in [1.54, 1.807) is 0 Å². The Balaban J connectivity index is 1.69. The molecule has 0 aliphatic heterocycles. The molecule has 0 unspecified atom stereocenters. The number of rotatable bonds is 5. The Morgan fingerprint density at radius 1 is 0.964 bits per heavy atom. The third kappa shape index (κ3) is 3.67. The van der Waals surface area contributed by atoms with Gasteiger partial charge in [-0.25, -0.2) is 4.98 Å². The molecule has 0 spiro atoms. The van der Waals surface area contributed by atoms with E-state index in [1.165, 1.54) is 11.1 Å². The zero-order valence-electron chi connectivity index (χ0n) is 16.1. The number of hydrogen-bond acceptors (Lipinski definition) is 2. The molecule has 0 radical (unpaired) electrons. The summed E-state index contributed by atoms with van der Waals surface area (Å²) in [6.07, 6.45) is 5.37. The van der Waals surface area contributed by atoms with E-state index in [-0.39, 0.29) is 5.91 Å². The van der Waals surface area contributed by atoms with E-state index in [4.69, 9.17) is 4.98 Å². The summed E-state index contributed by atoms with van der Waals surface area (Å²) in [5.41, 5.74) is 6.89. The summed E-state index contributed by atoms with van der Waals surface area (Å²) in [4.78, 5) is 16.9. The van der Waals surface area contributed by atoms with E-state index < -0.39 is 0 Å². The van der Waals surface area contributed by atoms with Crippen molar-refractivity contribution >= 4 is 17.2 Å². The van der Waals surface area contributed by atoms with Crippen LogP contribution in [0.4, 0.5) is 5.69 Å². The summed E-state index contributed by atoms with van der Waals surface area (Å²) in [7, 11) is 0. The zero-order valence-corrected chi connectivity index (χ0v) is 16.1. The fourth-order valence-corrected chi connectivity index (χ4v) is 3.38. The van der Waals surface area contributed by atoms with Crippen LogP contribution in [0, 0.1) is 6.92 Å². The lowest BCUT2D eigenvalue weighted by molar-refractivity contribution is -0.116. The van der Waals surface area contributed by atoms with Gasteiger partial charge in [0.25, 0.3) is 0 Å². The first-order valence-electron chi connectivity index (χ1n) is 9.59. The largest absolute Gasteiger partial charge is 0.323 e. The summed E-state index contributed by atoms with van der Waals surface area (Å²) in [5, 5.41) is 3.00. The number of nitrogens with zero attached hydrogens (tertiary/aromatic N) is 2. The molecule has 2 aromatic heterocycles. The number of benzene rings is 2. The molecule has 4 nitrogen and oxygen atoms in total. The van der Waals surface area contributed by atoms with Gasteiger partial charge in [-0.1, -0.05) is 61.5 Å². The summed E-state index contributed by atoms with van der Waals surface area (Å²) in [6.45, 7) is 4.02. The molecule has 140 valence electrons. The lowest BCUT2D eigenvalue weighted by Crippen LogP contribution is -2.11. The number of imidazole rings is 1. The lowest BCUT2D eigenvalue weighted by atomic mass is 10.0. The average molecular weight is 369 g/mol. The van der Waals surface area contributed by atoms with Crippen LogP contribution in [0.2, 0.25) is 0 Å². The summed E-state index contributed by atoms with van der Waals surface area (Å²) < 4.78 is 1.98. The van der Waals surface area contributed by atoms with Crippen molar-refractivity contribution in [1.29, 1.82) is 0 Å². The smallest absolute Gasteiger partial charge is 0.224 e. The average Bonchev–Trinajstić information content (AvgIpc) is 3.13. The Labute approximate surface area is 164 Å². The standard InChI is InChI=1S/C24H23N3O/c1-3-7-23(28)25-21-14-17(2)15-27-16-22(26-24(21)27)20-12-10-19(11-13-20)18-8-5-4-6-9-18/h4-6,8-16H,3,7H2,1-2H3,(H,25,28). The second-order valence-electron chi connectivity index (χ2n) is 7.03. The highest BCUT2D eigenvalue weighted by Gasteiger charge is 2.11. The van der Waals surface area contributed by atoms with E-state index in [0.29, 0.717) is 6.42 Å². The van der Waals surface area contributed by atoms with E-state index in [1.807, 2.05) is 54.9 Å². The molecule has 1 amide bonds. The predicted octanol–water partition coefficient (Wildman–Crippen LogP) is 5.72. The quantitative estimate of drug-likeness (QED) is 0.489. The van der Waals surface area contributed by atoms with Crippen molar-refractivity contribution in [1.82, 2.24) is 9.38 Å². The minimum atomic E-state index is 0.0202. The highest BCUT2D eigenvalue weighted by molar-refractivity contribution is 5.94. The van der Waals surface area contributed by atoms with Crippen molar-refractivity contribution in [3.05, 3.63) is 78.6 Å². The number of carbonyl (C=O) groups is 1. The molecule has 0 atom stereocenters. The van der Waals surface area contributed by atoms with Crippen LogP contribution in [0.3, 0.4) is 0 Å². The molecule has 4 rings (SSSR count). The van der Waals surface area contributed by atoms with Gasteiger partial charge in [0.15, 0.2) is 5.65 Å². The number of aryl methyl sites for hydroxylation is 1. The summed E-state index contributed by atoms with van der Waals surface area (Å²) in [5.74, 6) is 0.0202. The van der Waals surface area contributed by atoms with E-state index in [9.17, 15) is 4.79 Å². The van der Waals surface area contributed by atoms with E-state index >= 15 is 0 Å². The van der Waals surface area contributed by atoms with Crippen LogP contribution in [0.1, 0.15) is 25.3 Å². The minimum absolute atomic E-state index is 0.0202. The Morgan fingerprint density at radius 2 is 1.64 bits per heavy atom. The number of nitrogens with one attached hydrogen (secondary N) is 1. The van der Waals surface area contributed by atoms with Gasteiger partial charge < -0.3 is 9.72 Å². The van der Waals surface area contributed by atoms with Crippen LogP contribution in [-0.2, 0) is 4.79 Å². The van der Waals surface area contributed by atoms with Gasteiger partial charge in [0.05, 0.1) is 11.4 Å². The van der Waals surface area contributed by atoms with E-state index in [2.05, 4.69) is 41.7 Å². The predicted molar refractivity (Wildman–Crippen MR) is 114 cm³/mol. The highest BCUT2D eigenvalue weighted by Crippen LogP contribution is 2.27. The Bertz CT molecular complexity index is 1110. The maximum atomic E-state index is 12.1. The van der Waals surface area contributed by atoms with Gasteiger partial charge in [0, 0.05) is 24.4 Å². The van der Waals surface area contributed by atoms with Gasteiger partial charge in [0.1, 0.15) is 0 Å². The van der Waals surface area contributed by atoms with Crippen LogP contribution < -0.4 is 5.32 Å². The topological polar surface area (TPSA) is 46.4 Å². The van der Waals surface area contributed by atoms with Crippen molar-refractivity contribution in [2.45, 2.75) is 26.7 Å². The fourth-order valence-electron chi connectivity index (χ4n) is 3.38. The third-order valence-corrected chi connectivity index (χ3v) is 4.73. The van der Waals surface area contributed by atoms with Gasteiger partial charge in [-0.15, -0.1) is 0 Å². The van der Waals surface area contributed by atoms with Gasteiger partial charge in [-0.3, -0.25) is 4.79 Å². The number of aromatic nitrogens is 2. The molecule has 28 heavy (non-hydrogen) atoms. The van der Waals surface area contributed by atoms with Gasteiger partial charge in [0.2, 0.25) is 5.91 Å². The Kier molecular flexibility index (Phi) is 4.94. The number of amides is 1. The molecule has 0 aliphatic rings. The SMILES string of the molecule is CCCC(=O)Nc1cc(C)cn2cc(-c3ccc(-c4ccccc4)cc3)nc12. The van der Waals surface area contributed by atoms with Crippen LogP contribution >= 0.6 is 0 Å². The lowest BCUT2D eigenvalue weighted by Gasteiger charge is -2.07. The third-order valence-electron chi connectivity index (χ3n) is 4.73. The molecule has 4 aromatic rings. The molecule has 1 N–H and O–H groups in total. The van der Waals surface area contributed by atoms with Crippen LogP contribution in [0.15, 0.2) is 73.1 Å². The normalized spacial score (nSPS) is 10.9. The van der Waals surface area contributed by atoms with E-state index in [0.717, 1.165) is 34.6 Å². The molecule has 0 bridgehead atoms. The van der Waals surface area contributed by atoms with Crippen molar-refractivity contribution in [2.24, 2.45) is 0 Å². The zero-order chi connectivity index (χ0) is 19.5. The molecule has 2 aromatic carbocycles. The minimum Gasteiger partial charge on any atom is -0.323 e. The number of carbonyl (C=O) groups excluding carboxylic acids is 1. The maximum Gasteiger partial charge on any atom is 0.224 e. The first-order valence-corrected chi connectivity index (χ1v) is 9.59. The molecule has 4 heteroatoms. The first-order chi connectivity index (χ1) is 13.6. The van der Waals surface area contributed by atoms with Crippen LogP contribution in [-0.4, -0.2) is 15.3 Å². The Hall–Kier alpha value is -3.40. The second-order valence-corrected chi connectivity index (χ2v) is 7.03. The molecular formula is C24H23N3O. The van der Waals surface area contributed by atoms with Crippen LogP contribution in [0.25, 0.3) is 28.0 Å². The van der Waals surface area contributed by atoms with Gasteiger partial charge in [-0.2, -0.15) is 0 Å². The summed E-state index contributed by atoms with van der Waals surface area (Å²) >= 11 is 0. The molecule has 0 fully saturated rings. The van der Waals surface area contributed by atoms with Crippen molar-refractivity contribution in [3.63, 3.8) is 0 Å². The fraction of sp³-hybridized carbons (Fsp3) is 0.167. The number of hydrogen-bond donors (Lipinski definition) is 1. The van der Waals surface area contributed by atoms with Crippen molar-refractivity contribution < 1.29 is 4.79 Å². The van der Waals surface area contributed by atoms with Gasteiger partial charge >= 0.3 is 0 Å². The number of anilines is 1. The monoisotopic (exact) mass is 369 g/mol. The second kappa shape index (κ2) is 7.69. The number of pyridine rings is 1. The summed E-state index contributed by atoms with van der Waals surface area (Å²) in [6, 6.07) is 20.7. The van der Waals surface area contributed by atoms with Crippen LogP contribution in [0.5, 0.6) is 0 Å². The first kappa shape index (κ1) is 18.0. The highest BCUT2D eigenvalue weighted by atomic mass is 16.1.